The molecule has 132 valence electrons. The first-order valence-corrected chi connectivity index (χ1v) is 8.38. The molecule has 3 rings (SSSR count). The average molecular weight is 336 g/mol. The van der Waals surface area contributed by atoms with Crippen LogP contribution < -0.4 is 0 Å². The molecule has 0 spiro atoms. The summed E-state index contributed by atoms with van der Waals surface area (Å²) in [5.41, 5.74) is 0. The molecule has 0 bridgehead atoms. The summed E-state index contributed by atoms with van der Waals surface area (Å²) >= 11 is 0. The van der Waals surface area contributed by atoms with Crippen molar-refractivity contribution in [2.75, 3.05) is 46.5 Å². The van der Waals surface area contributed by atoms with Crippen LogP contribution in [0.1, 0.15) is 24.6 Å². The number of piperidine rings is 1. The molecule has 2 aliphatic rings. The maximum absolute atomic E-state index is 12.5. The average Bonchev–Trinajstić information content (AvgIpc) is 3.22. The zero-order valence-electron chi connectivity index (χ0n) is 14.0. The van der Waals surface area contributed by atoms with E-state index in [9.17, 15) is 9.59 Å². The molecule has 24 heavy (non-hydrogen) atoms. The number of methoxy groups -OCH3 is 1. The maximum atomic E-state index is 12.5. The van der Waals surface area contributed by atoms with Gasteiger partial charge in [0, 0.05) is 45.1 Å². The van der Waals surface area contributed by atoms with Gasteiger partial charge in [-0.1, -0.05) is 0 Å². The second-order valence-corrected chi connectivity index (χ2v) is 6.19. The molecule has 1 atom stereocenters. The Bertz CT molecular complexity index is 588. The third-order valence-electron chi connectivity index (χ3n) is 4.59. The monoisotopic (exact) mass is 336 g/mol. The number of cyclic esters (lactones) is 1. The number of carbonyl (C=O) groups excluding carboxylic acids is 2. The minimum atomic E-state index is -0.396. The van der Waals surface area contributed by atoms with Crippen LogP contribution in [-0.2, 0) is 20.8 Å². The third kappa shape index (κ3) is 3.69. The van der Waals surface area contributed by atoms with E-state index in [4.69, 9.17) is 9.47 Å². The Labute approximate surface area is 141 Å². The predicted octanol–water partition coefficient (Wildman–Crippen LogP) is 0.688. The zero-order chi connectivity index (χ0) is 16.9. The first-order chi connectivity index (χ1) is 11.7. The van der Waals surface area contributed by atoms with Crippen LogP contribution in [0.25, 0.3) is 0 Å². The van der Waals surface area contributed by atoms with Crippen molar-refractivity contribution in [2.45, 2.75) is 25.3 Å². The van der Waals surface area contributed by atoms with E-state index in [1.165, 1.54) is 4.90 Å². The molecule has 0 N–H and O–H groups in total. The summed E-state index contributed by atoms with van der Waals surface area (Å²) in [7, 11) is 1.68. The van der Waals surface area contributed by atoms with Crippen molar-refractivity contribution in [3.05, 3.63) is 18.2 Å². The van der Waals surface area contributed by atoms with Crippen molar-refractivity contribution in [2.24, 2.45) is 0 Å². The first-order valence-electron chi connectivity index (χ1n) is 8.38. The molecule has 0 radical (unpaired) electrons. The molecule has 1 aromatic heterocycles. The Morgan fingerprint density at radius 3 is 3.08 bits per heavy atom. The summed E-state index contributed by atoms with van der Waals surface area (Å²) in [4.78, 5) is 31.8. The standard InChI is InChI=1S/C16H24N4O4/c1-23-9-7-18-6-4-17-15(18)13-3-2-5-19(11-13)14(21)12-20-8-10-24-16(20)22/h4,6,13H,2-3,5,7-12H2,1H3/t13-/m1/s1. The molecule has 2 aliphatic heterocycles. The van der Waals surface area contributed by atoms with Crippen molar-refractivity contribution in [3.8, 4) is 0 Å². The number of hydrogen-bond donors (Lipinski definition) is 0. The number of amides is 2. The number of nitrogens with zero attached hydrogens (tertiary/aromatic N) is 4. The van der Waals surface area contributed by atoms with Gasteiger partial charge in [0.15, 0.2) is 0 Å². The topological polar surface area (TPSA) is 76.9 Å². The van der Waals surface area contributed by atoms with Crippen LogP contribution in [0, 0.1) is 0 Å². The molecule has 0 saturated carbocycles. The summed E-state index contributed by atoms with van der Waals surface area (Å²) in [6, 6.07) is 0. The third-order valence-corrected chi connectivity index (χ3v) is 4.59. The van der Waals surface area contributed by atoms with Gasteiger partial charge in [0.2, 0.25) is 5.91 Å². The summed E-state index contributed by atoms with van der Waals surface area (Å²) in [5, 5.41) is 0. The summed E-state index contributed by atoms with van der Waals surface area (Å²) in [6.07, 6.45) is 5.31. The van der Waals surface area contributed by atoms with Crippen molar-refractivity contribution in [1.29, 1.82) is 0 Å². The van der Waals surface area contributed by atoms with Gasteiger partial charge in [-0.15, -0.1) is 0 Å². The van der Waals surface area contributed by atoms with Gasteiger partial charge in [0.1, 0.15) is 19.0 Å². The Hall–Kier alpha value is -2.09. The first kappa shape index (κ1) is 16.8. The van der Waals surface area contributed by atoms with E-state index in [0.717, 1.165) is 31.8 Å². The fourth-order valence-electron chi connectivity index (χ4n) is 3.31. The normalized spacial score (nSPS) is 21.2. The van der Waals surface area contributed by atoms with Crippen molar-refractivity contribution in [3.63, 3.8) is 0 Å². The lowest BCUT2D eigenvalue weighted by Gasteiger charge is -2.33. The molecule has 3 heterocycles. The lowest BCUT2D eigenvalue weighted by molar-refractivity contribution is -0.133. The minimum Gasteiger partial charge on any atom is -0.448 e. The Morgan fingerprint density at radius 2 is 2.33 bits per heavy atom. The molecule has 8 heteroatoms. The van der Waals surface area contributed by atoms with E-state index in [1.54, 1.807) is 13.3 Å². The fourth-order valence-corrected chi connectivity index (χ4v) is 3.31. The molecule has 2 fully saturated rings. The van der Waals surface area contributed by atoms with Crippen LogP contribution in [0.15, 0.2) is 12.4 Å². The molecule has 0 aliphatic carbocycles. The minimum absolute atomic E-state index is 0.0199. The number of imidazole rings is 1. The Balaban J connectivity index is 1.60. The van der Waals surface area contributed by atoms with Crippen LogP contribution in [0.3, 0.4) is 0 Å². The van der Waals surface area contributed by atoms with Gasteiger partial charge in [0.05, 0.1) is 13.2 Å². The molecular formula is C16H24N4O4. The highest BCUT2D eigenvalue weighted by atomic mass is 16.6. The summed E-state index contributed by atoms with van der Waals surface area (Å²) in [6.45, 7) is 3.73. The highest BCUT2D eigenvalue weighted by Gasteiger charge is 2.30. The van der Waals surface area contributed by atoms with Gasteiger partial charge in [-0.3, -0.25) is 9.69 Å². The number of carbonyl (C=O) groups is 2. The van der Waals surface area contributed by atoms with Crippen molar-refractivity contribution < 1.29 is 19.1 Å². The van der Waals surface area contributed by atoms with Crippen molar-refractivity contribution in [1.82, 2.24) is 19.4 Å². The SMILES string of the molecule is COCCn1ccnc1[C@@H]1CCCN(C(=O)CN2CCOC2=O)C1. The quantitative estimate of drug-likeness (QED) is 0.764. The predicted molar refractivity (Wildman–Crippen MR) is 85.6 cm³/mol. The molecule has 0 aromatic carbocycles. The van der Waals surface area contributed by atoms with Gasteiger partial charge in [-0.25, -0.2) is 9.78 Å². The largest absolute Gasteiger partial charge is 0.448 e. The molecule has 2 saturated heterocycles. The highest BCUT2D eigenvalue weighted by Crippen LogP contribution is 2.26. The molecular weight excluding hydrogens is 312 g/mol. The van der Waals surface area contributed by atoms with Crippen LogP contribution in [0.2, 0.25) is 0 Å². The van der Waals surface area contributed by atoms with Gasteiger partial charge in [-0.2, -0.15) is 0 Å². The van der Waals surface area contributed by atoms with Gasteiger partial charge < -0.3 is 18.9 Å². The van der Waals surface area contributed by atoms with E-state index in [1.807, 2.05) is 11.1 Å². The lowest BCUT2D eigenvalue weighted by atomic mass is 9.97. The molecule has 1 aromatic rings. The summed E-state index contributed by atoms with van der Waals surface area (Å²) in [5.74, 6) is 1.21. The highest BCUT2D eigenvalue weighted by molar-refractivity contribution is 5.83. The van der Waals surface area contributed by atoms with E-state index in [0.29, 0.717) is 26.3 Å². The molecule has 8 nitrogen and oxygen atoms in total. The number of rotatable bonds is 6. The fraction of sp³-hybridized carbons (Fsp3) is 0.688. The number of likely N-dealkylation sites (tertiary alicyclic amines) is 1. The van der Waals surface area contributed by atoms with Crippen molar-refractivity contribution >= 4 is 12.0 Å². The van der Waals surface area contributed by atoms with Gasteiger partial charge in [-0.05, 0) is 12.8 Å². The molecule has 0 unspecified atom stereocenters. The number of ether oxygens (including phenoxy) is 2. The van der Waals surface area contributed by atoms with Crippen LogP contribution in [-0.4, -0.2) is 77.9 Å². The lowest BCUT2D eigenvalue weighted by Crippen LogP contribution is -2.45. The smallest absolute Gasteiger partial charge is 0.410 e. The van der Waals surface area contributed by atoms with E-state index >= 15 is 0 Å². The van der Waals surface area contributed by atoms with Crippen LogP contribution in [0.4, 0.5) is 4.79 Å². The number of aromatic nitrogens is 2. The van der Waals surface area contributed by atoms with Gasteiger partial charge in [0.25, 0.3) is 0 Å². The van der Waals surface area contributed by atoms with Crippen LogP contribution >= 0.6 is 0 Å². The van der Waals surface area contributed by atoms with E-state index < -0.39 is 6.09 Å². The zero-order valence-corrected chi connectivity index (χ0v) is 14.0. The second kappa shape index (κ2) is 7.65. The Morgan fingerprint density at radius 1 is 1.46 bits per heavy atom. The summed E-state index contributed by atoms with van der Waals surface area (Å²) < 4.78 is 12.1. The van der Waals surface area contributed by atoms with E-state index in [2.05, 4.69) is 9.55 Å². The maximum Gasteiger partial charge on any atom is 0.410 e. The number of hydrogen-bond acceptors (Lipinski definition) is 5. The van der Waals surface area contributed by atoms with E-state index in [-0.39, 0.29) is 18.4 Å². The Kier molecular flexibility index (Phi) is 5.34. The molecule has 2 amide bonds. The second-order valence-electron chi connectivity index (χ2n) is 6.19. The van der Waals surface area contributed by atoms with Gasteiger partial charge >= 0.3 is 6.09 Å². The van der Waals surface area contributed by atoms with Crippen LogP contribution in [0.5, 0.6) is 0 Å².